The van der Waals surface area contributed by atoms with Gasteiger partial charge >= 0.3 is 0 Å². The summed E-state index contributed by atoms with van der Waals surface area (Å²) in [6.45, 7) is 2.97. The average molecular weight is 299 g/mol. The third kappa shape index (κ3) is 3.80. The molecular formula is C18H21NOS. The van der Waals surface area contributed by atoms with Crippen LogP contribution in [0, 0.1) is 0 Å². The van der Waals surface area contributed by atoms with E-state index in [0.29, 0.717) is 6.04 Å². The topological polar surface area (TPSA) is 21.3 Å². The Bertz CT molecular complexity index is 572. The molecule has 1 aliphatic rings. The van der Waals surface area contributed by atoms with Crippen LogP contribution in [0.1, 0.15) is 24.9 Å². The number of hydrogen-bond donors (Lipinski definition) is 1. The fourth-order valence-electron chi connectivity index (χ4n) is 2.64. The lowest BCUT2D eigenvalue weighted by Gasteiger charge is -2.27. The lowest BCUT2D eigenvalue weighted by atomic mass is 10.0. The zero-order chi connectivity index (χ0) is 14.5. The molecule has 110 valence electrons. The van der Waals surface area contributed by atoms with Crippen LogP contribution in [0.25, 0.3) is 0 Å². The summed E-state index contributed by atoms with van der Waals surface area (Å²) in [5.41, 5.74) is 1.43. The van der Waals surface area contributed by atoms with Crippen LogP contribution in [0.4, 0.5) is 0 Å². The Morgan fingerprint density at radius 2 is 1.90 bits per heavy atom. The van der Waals surface area contributed by atoms with Crippen LogP contribution in [0.15, 0.2) is 59.5 Å². The molecule has 1 heterocycles. The molecule has 2 aromatic rings. The Balaban J connectivity index is 1.56. The first kappa shape index (κ1) is 14.5. The van der Waals surface area contributed by atoms with Gasteiger partial charge in [0.05, 0.1) is 0 Å². The van der Waals surface area contributed by atoms with E-state index < -0.39 is 0 Å². The molecule has 0 spiro atoms. The van der Waals surface area contributed by atoms with Crippen LogP contribution in [0.2, 0.25) is 0 Å². The third-order valence-corrected chi connectivity index (χ3v) is 4.81. The maximum Gasteiger partial charge on any atom is 0.119 e. The van der Waals surface area contributed by atoms with Gasteiger partial charge in [0.15, 0.2) is 0 Å². The average Bonchev–Trinajstić information content (AvgIpc) is 2.54. The van der Waals surface area contributed by atoms with E-state index in [-0.39, 0.29) is 6.10 Å². The smallest absolute Gasteiger partial charge is 0.119 e. The quantitative estimate of drug-likeness (QED) is 0.890. The number of para-hydroxylation sites is 1. The highest BCUT2D eigenvalue weighted by atomic mass is 32.2. The molecule has 3 heteroatoms. The molecule has 0 fully saturated rings. The molecule has 2 atom stereocenters. The van der Waals surface area contributed by atoms with Crippen LogP contribution in [-0.2, 0) is 0 Å². The van der Waals surface area contributed by atoms with Gasteiger partial charge in [-0.15, -0.1) is 11.8 Å². The molecule has 0 amide bonds. The maximum atomic E-state index is 5.93. The van der Waals surface area contributed by atoms with E-state index in [1.54, 1.807) is 0 Å². The number of fused-ring (bicyclic) bond motifs is 1. The largest absolute Gasteiger partial charge is 0.489 e. The second-order valence-corrected chi connectivity index (χ2v) is 6.51. The number of benzene rings is 2. The SMILES string of the molecule is CC(CNC1CCSc2ccccc21)Oc1ccccc1. The Hall–Kier alpha value is -1.45. The summed E-state index contributed by atoms with van der Waals surface area (Å²) in [6.07, 6.45) is 1.34. The van der Waals surface area contributed by atoms with E-state index in [0.717, 1.165) is 12.3 Å². The van der Waals surface area contributed by atoms with Crippen molar-refractivity contribution in [2.75, 3.05) is 12.3 Å². The van der Waals surface area contributed by atoms with Gasteiger partial charge in [-0.05, 0) is 42.9 Å². The van der Waals surface area contributed by atoms with Crippen LogP contribution < -0.4 is 10.1 Å². The lowest BCUT2D eigenvalue weighted by molar-refractivity contribution is 0.210. The predicted molar refractivity (Wildman–Crippen MR) is 89.1 cm³/mol. The van der Waals surface area contributed by atoms with Crippen molar-refractivity contribution in [1.82, 2.24) is 5.32 Å². The van der Waals surface area contributed by atoms with Crippen molar-refractivity contribution in [2.45, 2.75) is 30.4 Å². The molecule has 3 rings (SSSR count). The molecule has 0 saturated heterocycles. The molecule has 0 saturated carbocycles. The zero-order valence-electron chi connectivity index (χ0n) is 12.3. The van der Waals surface area contributed by atoms with Gasteiger partial charge in [0, 0.05) is 17.5 Å². The minimum Gasteiger partial charge on any atom is -0.489 e. The summed E-state index contributed by atoms with van der Waals surface area (Å²) in [7, 11) is 0. The number of ether oxygens (including phenoxy) is 1. The normalized spacial score (nSPS) is 18.8. The first-order valence-corrected chi connectivity index (χ1v) is 8.48. The fourth-order valence-corrected chi connectivity index (χ4v) is 3.76. The minimum absolute atomic E-state index is 0.161. The Morgan fingerprint density at radius 1 is 1.14 bits per heavy atom. The van der Waals surface area contributed by atoms with Gasteiger partial charge in [0.25, 0.3) is 0 Å². The van der Waals surface area contributed by atoms with Crippen molar-refractivity contribution < 1.29 is 4.74 Å². The summed E-state index contributed by atoms with van der Waals surface area (Å²) in [4.78, 5) is 1.41. The molecule has 2 nitrogen and oxygen atoms in total. The minimum atomic E-state index is 0.161. The maximum absolute atomic E-state index is 5.93. The number of rotatable bonds is 5. The number of thioether (sulfide) groups is 1. The van der Waals surface area contributed by atoms with Gasteiger partial charge in [0.1, 0.15) is 11.9 Å². The highest BCUT2D eigenvalue weighted by molar-refractivity contribution is 7.99. The van der Waals surface area contributed by atoms with Crippen molar-refractivity contribution >= 4 is 11.8 Å². The zero-order valence-corrected chi connectivity index (χ0v) is 13.1. The lowest BCUT2D eigenvalue weighted by Crippen LogP contribution is -2.33. The summed E-state index contributed by atoms with van der Waals surface area (Å²) in [5.74, 6) is 2.12. The van der Waals surface area contributed by atoms with Crippen molar-refractivity contribution in [2.24, 2.45) is 0 Å². The van der Waals surface area contributed by atoms with Gasteiger partial charge in [-0.3, -0.25) is 0 Å². The van der Waals surface area contributed by atoms with Gasteiger partial charge < -0.3 is 10.1 Å². The molecule has 0 aromatic heterocycles. The van der Waals surface area contributed by atoms with E-state index in [1.807, 2.05) is 42.1 Å². The molecule has 1 N–H and O–H groups in total. The Labute approximate surface area is 130 Å². The molecule has 2 unspecified atom stereocenters. The first-order chi connectivity index (χ1) is 10.3. The fraction of sp³-hybridized carbons (Fsp3) is 0.333. The van der Waals surface area contributed by atoms with Crippen molar-refractivity contribution in [1.29, 1.82) is 0 Å². The van der Waals surface area contributed by atoms with E-state index in [2.05, 4.69) is 36.5 Å². The molecule has 1 aliphatic heterocycles. The monoisotopic (exact) mass is 299 g/mol. The third-order valence-electron chi connectivity index (χ3n) is 3.69. The van der Waals surface area contributed by atoms with Crippen LogP contribution in [-0.4, -0.2) is 18.4 Å². The Morgan fingerprint density at radius 3 is 2.76 bits per heavy atom. The molecular weight excluding hydrogens is 278 g/mol. The van der Waals surface area contributed by atoms with Gasteiger partial charge in [-0.2, -0.15) is 0 Å². The van der Waals surface area contributed by atoms with E-state index in [4.69, 9.17) is 4.74 Å². The van der Waals surface area contributed by atoms with Crippen LogP contribution in [0.3, 0.4) is 0 Å². The summed E-state index contributed by atoms with van der Waals surface area (Å²) >= 11 is 1.96. The first-order valence-electron chi connectivity index (χ1n) is 7.50. The van der Waals surface area contributed by atoms with Gasteiger partial charge in [-0.25, -0.2) is 0 Å². The molecule has 0 aliphatic carbocycles. The Kier molecular flexibility index (Phi) is 4.84. The highest BCUT2D eigenvalue weighted by Crippen LogP contribution is 2.35. The van der Waals surface area contributed by atoms with Crippen molar-refractivity contribution in [3.8, 4) is 5.75 Å². The summed E-state index contributed by atoms with van der Waals surface area (Å²) < 4.78 is 5.93. The predicted octanol–water partition coefficient (Wildman–Crippen LogP) is 4.28. The number of hydrogen-bond acceptors (Lipinski definition) is 3. The summed E-state index contributed by atoms with van der Waals surface area (Å²) in [5, 5.41) is 3.66. The standard InChI is InChI=1S/C18H21NOS/c1-14(20-15-7-3-2-4-8-15)13-19-17-11-12-21-18-10-6-5-9-16(17)18/h2-10,14,17,19H,11-13H2,1H3. The van der Waals surface area contributed by atoms with Crippen LogP contribution in [0.5, 0.6) is 5.75 Å². The van der Waals surface area contributed by atoms with Gasteiger partial charge in [-0.1, -0.05) is 36.4 Å². The molecule has 2 aromatic carbocycles. The number of nitrogens with one attached hydrogen (secondary N) is 1. The molecule has 0 radical (unpaired) electrons. The second-order valence-electron chi connectivity index (χ2n) is 5.38. The molecule has 21 heavy (non-hydrogen) atoms. The van der Waals surface area contributed by atoms with Crippen molar-refractivity contribution in [3.63, 3.8) is 0 Å². The van der Waals surface area contributed by atoms with Gasteiger partial charge in [0.2, 0.25) is 0 Å². The molecule has 0 bridgehead atoms. The van der Waals surface area contributed by atoms with E-state index in [1.165, 1.54) is 22.6 Å². The van der Waals surface area contributed by atoms with E-state index >= 15 is 0 Å². The van der Waals surface area contributed by atoms with E-state index in [9.17, 15) is 0 Å². The van der Waals surface area contributed by atoms with Crippen LogP contribution >= 0.6 is 11.8 Å². The summed E-state index contributed by atoms with van der Waals surface area (Å²) in [6, 6.07) is 19.2. The second kappa shape index (κ2) is 7.01. The highest BCUT2D eigenvalue weighted by Gasteiger charge is 2.20. The van der Waals surface area contributed by atoms with Crippen molar-refractivity contribution in [3.05, 3.63) is 60.2 Å².